The van der Waals surface area contributed by atoms with Gasteiger partial charge in [-0.2, -0.15) is 5.10 Å². The maximum Gasteiger partial charge on any atom is 0.307 e. The Balaban J connectivity index is 1.65. The highest BCUT2D eigenvalue weighted by Crippen LogP contribution is 2.23. The van der Waals surface area contributed by atoms with Crippen molar-refractivity contribution in [2.24, 2.45) is 5.10 Å². The number of nitro groups is 1. The Labute approximate surface area is 141 Å². The molecule has 3 rings (SSSR count). The van der Waals surface area contributed by atoms with Gasteiger partial charge in [0, 0.05) is 17.7 Å². The first kappa shape index (κ1) is 16.2. The zero-order valence-electron chi connectivity index (χ0n) is 13.1. The van der Waals surface area contributed by atoms with Gasteiger partial charge in [0.15, 0.2) is 5.76 Å². The molecule has 8 nitrogen and oxygen atoms in total. The van der Waals surface area contributed by atoms with Crippen LogP contribution in [0.1, 0.15) is 22.1 Å². The number of non-ortho nitro benzene ring substituents is 1. The van der Waals surface area contributed by atoms with Crippen molar-refractivity contribution in [3.8, 4) is 11.3 Å². The second kappa shape index (κ2) is 6.83. The molecule has 0 saturated heterocycles. The summed E-state index contributed by atoms with van der Waals surface area (Å²) in [4.78, 5) is 21.9. The van der Waals surface area contributed by atoms with Crippen LogP contribution in [-0.4, -0.2) is 17.0 Å². The summed E-state index contributed by atoms with van der Waals surface area (Å²) in [6, 6.07) is 12.6. The van der Waals surface area contributed by atoms with Crippen LogP contribution in [0.25, 0.3) is 11.3 Å². The zero-order chi connectivity index (χ0) is 17.8. The van der Waals surface area contributed by atoms with Crippen LogP contribution in [0.2, 0.25) is 0 Å². The molecule has 0 fully saturated rings. The molecule has 126 valence electrons. The number of benzene rings is 1. The highest BCUT2D eigenvalue weighted by molar-refractivity contribution is 5.92. The third-order valence-electron chi connectivity index (χ3n) is 3.31. The number of amides is 1. The van der Waals surface area contributed by atoms with E-state index in [0.717, 1.165) is 0 Å². The second-order valence-electron chi connectivity index (χ2n) is 5.12. The smallest absolute Gasteiger partial charge is 0.307 e. The van der Waals surface area contributed by atoms with Crippen LogP contribution in [0, 0.1) is 17.0 Å². The maximum atomic E-state index is 11.8. The standard InChI is InChI=1S/C17H13N3O5/c1-11-2-8-16(24-11)17(21)19-18-10-14-7-9-15(25-14)12-3-5-13(6-4-12)20(22)23/h2-10H,1H3,(H,19,21)/b18-10-. The molecule has 0 radical (unpaired) electrons. The van der Waals surface area contributed by atoms with Gasteiger partial charge in [0.25, 0.3) is 5.69 Å². The summed E-state index contributed by atoms with van der Waals surface area (Å²) in [6.45, 7) is 1.74. The fourth-order valence-corrected chi connectivity index (χ4v) is 2.09. The van der Waals surface area contributed by atoms with Crippen molar-refractivity contribution < 1.29 is 18.6 Å². The Kier molecular flexibility index (Phi) is 4.42. The number of hydrazone groups is 1. The van der Waals surface area contributed by atoms with Gasteiger partial charge < -0.3 is 8.83 Å². The topological polar surface area (TPSA) is 111 Å². The summed E-state index contributed by atoms with van der Waals surface area (Å²) in [5.74, 6) is 1.29. The van der Waals surface area contributed by atoms with E-state index in [9.17, 15) is 14.9 Å². The first-order valence-corrected chi connectivity index (χ1v) is 7.27. The van der Waals surface area contributed by atoms with Gasteiger partial charge in [0.05, 0.1) is 11.1 Å². The predicted octanol–water partition coefficient (Wildman–Crippen LogP) is 3.52. The maximum absolute atomic E-state index is 11.8. The number of hydrogen-bond acceptors (Lipinski definition) is 6. The van der Waals surface area contributed by atoms with Crippen LogP contribution in [0.3, 0.4) is 0 Å². The molecule has 1 amide bonds. The molecule has 0 aliphatic heterocycles. The van der Waals surface area contributed by atoms with Gasteiger partial charge in [0.2, 0.25) is 0 Å². The van der Waals surface area contributed by atoms with Crippen LogP contribution >= 0.6 is 0 Å². The summed E-state index contributed by atoms with van der Waals surface area (Å²) >= 11 is 0. The van der Waals surface area contributed by atoms with Gasteiger partial charge in [-0.15, -0.1) is 0 Å². The van der Waals surface area contributed by atoms with Crippen molar-refractivity contribution in [3.05, 3.63) is 75.9 Å². The van der Waals surface area contributed by atoms with Gasteiger partial charge >= 0.3 is 5.91 Å². The number of nitrogens with zero attached hydrogens (tertiary/aromatic N) is 2. The molecule has 25 heavy (non-hydrogen) atoms. The number of aryl methyl sites for hydroxylation is 1. The second-order valence-corrected chi connectivity index (χ2v) is 5.12. The van der Waals surface area contributed by atoms with Crippen molar-refractivity contribution in [1.29, 1.82) is 0 Å². The summed E-state index contributed by atoms with van der Waals surface area (Å²) < 4.78 is 10.7. The number of nitro benzene ring substituents is 1. The molecule has 3 aromatic rings. The van der Waals surface area contributed by atoms with E-state index >= 15 is 0 Å². The zero-order valence-corrected chi connectivity index (χ0v) is 13.1. The van der Waals surface area contributed by atoms with Gasteiger partial charge in [-0.05, 0) is 43.3 Å². The molecule has 2 heterocycles. The summed E-state index contributed by atoms with van der Waals surface area (Å²) in [5.41, 5.74) is 3.03. The molecule has 0 unspecified atom stereocenters. The third-order valence-corrected chi connectivity index (χ3v) is 3.31. The third kappa shape index (κ3) is 3.81. The summed E-state index contributed by atoms with van der Waals surface area (Å²) in [7, 11) is 0. The number of carbonyl (C=O) groups is 1. The van der Waals surface area contributed by atoms with Gasteiger partial charge in [-0.1, -0.05) is 0 Å². The van der Waals surface area contributed by atoms with Crippen molar-refractivity contribution in [2.45, 2.75) is 6.92 Å². The minimum Gasteiger partial charge on any atom is -0.456 e. The molecule has 1 aromatic carbocycles. The molecular weight excluding hydrogens is 326 g/mol. The van der Waals surface area contributed by atoms with Crippen molar-refractivity contribution in [2.75, 3.05) is 0 Å². The molecule has 0 saturated carbocycles. The van der Waals surface area contributed by atoms with E-state index in [0.29, 0.717) is 22.8 Å². The fourth-order valence-electron chi connectivity index (χ4n) is 2.09. The molecule has 2 aromatic heterocycles. The Hall–Kier alpha value is -3.68. The van der Waals surface area contributed by atoms with Crippen LogP contribution in [0.15, 0.2) is 62.5 Å². The molecule has 0 bridgehead atoms. The largest absolute Gasteiger partial charge is 0.456 e. The normalized spacial score (nSPS) is 10.9. The molecule has 1 N–H and O–H groups in total. The Morgan fingerprint density at radius 1 is 1.12 bits per heavy atom. The molecule has 0 atom stereocenters. The van der Waals surface area contributed by atoms with Gasteiger partial charge in [-0.25, -0.2) is 5.43 Å². The van der Waals surface area contributed by atoms with E-state index in [2.05, 4.69) is 10.5 Å². The fraction of sp³-hybridized carbons (Fsp3) is 0.0588. The van der Waals surface area contributed by atoms with Gasteiger partial charge in [0.1, 0.15) is 17.3 Å². The number of rotatable bonds is 5. The molecule has 0 aliphatic carbocycles. The van der Waals surface area contributed by atoms with E-state index in [4.69, 9.17) is 8.83 Å². The molecule has 8 heteroatoms. The highest BCUT2D eigenvalue weighted by atomic mass is 16.6. The van der Waals surface area contributed by atoms with Crippen LogP contribution in [-0.2, 0) is 0 Å². The van der Waals surface area contributed by atoms with Crippen molar-refractivity contribution >= 4 is 17.8 Å². The number of carbonyl (C=O) groups excluding carboxylic acids is 1. The van der Waals surface area contributed by atoms with Crippen molar-refractivity contribution in [1.82, 2.24) is 5.43 Å². The lowest BCUT2D eigenvalue weighted by atomic mass is 10.1. The van der Waals surface area contributed by atoms with E-state index in [-0.39, 0.29) is 11.4 Å². The average Bonchev–Trinajstić information content (AvgIpc) is 3.24. The quantitative estimate of drug-likeness (QED) is 0.434. The van der Waals surface area contributed by atoms with Crippen LogP contribution in [0.5, 0.6) is 0 Å². The highest BCUT2D eigenvalue weighted by Gasteiger charge is 2.09. The van der Waals surface area contributed by atoms with Gasteiger partial charge in [-0.3, -0.25) is 14.9 Å². The van der Waals surface area contributed by atoms with Crippen molar-refractivity contribution in [3.63, 3.8) is 0 Å². The number of hydrogen-bond donors (Lipinski definition) is 1. The SMILES string of the molecule is Cc1ccc(C(=O)N/N=C\c2ccc(-c3ccc([N+](=O)[O-])cc3)o2)o1. The summed E-state index contributed by atoms with van der Waals surface area (Å²) in [5, 5.41) is 14.5. The minimum absolute atomic E-state index is 0.00738. The monoisotopic (exact) mass is 339 g/mol. The Morgan fingerprint density at radius 3 is 2.52 bits per heavy atom. The lowest BCUT2D eigenvalue weighted by Gasteiger charge is -1.96. The number of nitrogens with one attached hydrogen (secondary N) is 1. The minimum atomic E-state index is -0.466. The lowest BCUT2D eigenvalue weighted by Crippen LogP contribution is -2.16. The Morgan fingerprint density at radius 2 is 1.88 bits per heavy atom. The molecular formula is C17H13N3O5. The van der Waals surface area contributed by atoms with E-state index in [1.165, 1.54) is 18.3 Å². The van der Waals surface area contributed by atoms with Crippen LogP contribution in [0.4, 0.5) is 5.69 Å². The van der Waals surface area contributed by atoms with E-state index in [1.54, 1.807) is 43.3 Å². The van der Waals surface area contributed by atoms with E-state index < -0.39 is 10.8 Å². The van der Waals surface area contributed by atoms with Crippen LogP contribution < -0.4 is 5.43 Å². The first-order chi connectivity index (χ1) is 12.0. The molecule has 0 aliphatic rings. The summed E-state index contributed by atoms with van der Waals surface area (Å²) in [6.07, 6.45) is 1.35. The predicted molar refractivity (Wildman–Crippen MR) is 89.3 cm³/mol. The lowest BCUT2D eigenvalue weighted by molar-refractivity contribution is -0.384. The van der Waals surface area contributed by atoms with E-state index in [1.807, 2.05) is 0 Å². The first-order valence-electron chi connectivity index (χ1n) is 7.27. The Bertz CT molecular complexity index is 937. The number of furan rings is 2. The molecule has 0 spiro atoms. The average molecular weight is 339 g/mol.